The molecule has 0 aliphatic carbocycles. The van der Waals surface area contributed by atoms with Crippen LogP contribution in [0.3, 0.4) is 0 Å². The molecule has 0 aromatic heterocycles. The fraction of sp³-hybridized carbons (Fsp3) is 0.471. The summed E-state index contributed by atoms with van der Waals surface area (Å²) in [6.45, 7) is 3.36. The molecule has 0 spiro atoms. The number of hydrogen-bond donors (Lipinski definition) is 2. The number of hydrogen-bond acceptors (Lipinski definition) is 6. The van der Waals surface area contributed by atoms with E-state index in [4.69, 9.17) is 9.47 Å². The Morgan fingerprint density at radius 2 is 2.12 bits per heavy atom. The number of carbonyl (C=O) groups excluding carboxylic acids is 2. The molecule has 1 aliphatic rings. The zero-order valence-electron chi connectivity index (χ0n) is 13.8. The van der Waals surface area contributed by atoms with Gasteiger partial charge in [0.05, 0.1) is 18.9 Å². The van der Waals surface area contributed by atoms with Crippen LogP contribution in [-0.2, 0) is 20.7 Å². The van der Waals surface area contributed by atoms with E-state index < -0.39 is 0 Å². The van der Waals surface area contributed by atoms with Crippen molar-refractivity contribution in [2.75, 3.05) is 25.2 Å². The third kappa shape index (κ3) is 5.91. The van der Waals surface area contributed by atoms with Crippen molar-refractivity contribution < 1.29 is 19.1 Å². The third-order valence-corrected chi connectivity index (χ3v) is 3.42. The first-order chi connectivity index (χ1) is 11.7. The molecule has 1 fully saturated rings. The van der Waals surface area contributed by atoms with Gasteiger partial charge >= 0.3 is 12.1 Å². The number of nitrogens with one attached hydrogen (secondary N) is 2. The summed E-state index contributed by atoms with van der Waals surface area (Å²) >= 11 is 0. The van der Waals surface area contributed by atoms with Gasteiger partial charge in [0.15, 0.2) is 0 Å². The number of alkyl carbamates (subject to hydrolysis) is 1. The van der Waals surface area contributed by atoms with Crippen LogP contribution in [0.5, 0.6) is 0 Å². The van der Waals surface area contributed by atoms with Gasteiger partial charge in [0, 0.05) is 13.0 Å². The van der Waals surface area contributed by atoms with Gasteiger partial charge in [-0.25, -0.2) is 9.59 Å². The number of rotatable bonds is 7. The topological polar surface area (TPSA) is 89.0 Å². The van der Waals surface area contributed by atoms with Gasteiger partial charge in [-0.2, -0.15) is 5.10 Å². The zero-order valence-corrected chi connectivity index (χ0v) is 13.8. The number of ether oxygens (including phenoxy) is 2. The summed E-state index contributed by atoms with van der Waals surface area (Å²) in [6, 6.07) is 7.65. The smallest absolute Gasteiger partial charge is 0.407 e. The van der Waals surface area contributed by atoms with E-state index in [0.29, 0.717) is 38.3 Å². The molecule has 1 amide bonds. The number of carbonyl (C=O) groups is 2. The largest absolute Gasteiger partial charge is 0.461 e. The van der Waals surface area contributed by atoms with Crippen LogP contribution in [0.1, 0.15) is 31.7 Å². The van der Waals surface area contributed by atoms with Gasteiger partial charge in [-0.15, -0.1) is 0 Å². The number of hydrazone groups is 1. The number of anilines is 1. The second kappa shape index (κ2) is 9.54. The lowest BCUT2D eigenvalue weighted by Gasteiger charge is -2.12. The van der Waals surface area contributed by atoms with E-state index in [-0.39, 0.29) is 12.1 Å². The highest BCUT2D eigenvalue weighted by Gasteiger charge is 2.17. The molecular weight excluding hydrogens is 310 g/mol. The first-order valence-corrected chi connectivity index (χ1v) is 8.18. The molecule has 0 atom stereocenters. The van der Waals surface area contributed by atoms with Crippen LogP contribution in [0.2, 0.25) is 0 Å². The van der Waals surface area contributed by atoms with Crippen LogP contribution in [-0.4, -0.2) is 37.5 Å². The maximum atomic E-state index is 11.5. The molecule has 7 nitrogen and oxygen atoms in total. The van der Waals surface area contributed by atoms with Crippen molar-refractivity contribution in [3.63, 3.8) is 0 Å². The lowest BCUT2D eigenvalue weighted by molar-refractivity contribution is -0.137. The summed E-state index contributed by atoms with van der Waals surface area (Å²) in [5.74, 6) is -0.355. The maximum Gasteiger partial charge on any atom is 0.407 e. The summed E-state index contributed by atoms with van der Waals surface area (Å²) in [6.07, 6.45) is 2.57. The lowest BCUT2D eigenvalue weighted by atomic mass is 10.1. The van der Waals surface area contributed by atoms with E-state index in [0.717, 1.165) is 24.1 Å². The summed E-state index contributed by atoms with van der Waals surface area (Å²) in [4.78, 5) is 22.8. The predicted octanol–water partition coefficient (Wildman–Crippen LogP) is 2.47. The van der Waals surface area contributed by atoms with Crippen LogP contribution in [0, 0.1) is 0 Å². The van der Waals surface area contributed by atoms with Crippen molar-refractivity contribution in [2.24, 2.45) is 5.10 Å². The van der Waals surface area contributed by atoms with Gasteiger partial charge in [-0.05, 0) is 37.0 Å². The summed E-state index contributed by atoms with van der Waals surface area (Å²) in [5.41, 5.74) is 5.16. The van der Waals surface area contributed by atoms with Crippen LogP contribution in [0.4, 0.5) is 10.5 Å². The second-order valence-corrected chi connectivity index (χ2v) is 5.42. The summed E-state index contributed by atoms with van der Waals surface area (Å²) in [7, 11) is 0. The minimum absolute atomic E-state index is 0.355. The van der Waals surface area contributed by atoms with Gasteiger partial charge < -0.3 is 14.8 Å². The Hall–Kier alpha value is -2.57. The van der Waals surface area contributed by atoms with E-state index >= 15 is 0 Å². The molecule has 1 aliphatic heterocycles. The van der Waals surface area contributed by atoms with Crippen molar-refractivity contribution in [2.45, 2.75) is 32.6 Å². The van der Waals surface area contributed by atoms with Crippen molar-refractivity contribution in [3.05, 3.63) is 29.8 Å². The third-order valence-electron chi connectivity index (χ3n) is 3.42. The van der Waals surface area contributed by atoms with Crippen LogP contribution in [0.15, 0.2) is 29.4 Å². The monoisotopic (exact) mass is 333 g/mol. The number of cyclic esters (lactones) is 1. The highest BCUT2D eigenvalue weighted by Crippen LogP contribution is 2.11. The molecule has 7 heteroatoms. The van der Waals surface area contributed by atoms with Crippen LogP contribution >= 0.6 is 0 Å². The normalized spacial score (nSPS) is 15.7. The summed E-state index contributed by atoms with van der Waals surface area (Å²) < 4.78 is 9.87. The van der Waals surface area contributed by atoms with Gasteiger partial charge in [-0.1, -0.05) is 19.1 Å². The molecule has 24 heavy (non-hydrogen) atoms. The Morgan fingerprint density at radius 3 is 2.83 bits per heavy atom. The molecule has 0 radical (unpaired) electrons. The van der Waals surface area contributed by atoms with E-state index in [1.165, 1.54) is 0 Å². The van der Waals surface area contributed by atoms with Crippen LogP contribution in [0.25, 0.3) is 0 Å². The molecular formula is C17H23N3O4. The number of benzene rings is 1. The van der Waals surface area contributed by atoms with Gasteiger partial charge in [-0.3, -0.25) is 5.43 Å². The Labute approximate surface area is 141 Å². The molecule has 1 aromatic carbocycles. The maximum absolute atomic E-state index is 11.5. The van der Waals surface area contributed by atoms with E-state index in [1.54, 1.807) is 0 Å². The average molecular weight is 333 g/mol. The Kier molecular flexibility index (Phi) is 7.07. The first-order valence-electron chi connectivity index (χ1n) is 8.18. The number of esters is 1. The molecule has 2 N–H and O–H groups in total. The quantitative estimate of drug-likeness (QED) is 0.591. The molecule has 2 rings (SSSR count). The van der Waals surface area contributed by atoms with Crippen molar-refractivity contribution >= 4 is 23.5 Å². The first kappa shape index (κ1) is 17.8. The minimum atomic E-state index is -0.384. The minimum Gasteiger partial charge on any atom is -0.461 e. The highest BCUT2D eigenvalue weighted by molar-refractivity contribution is 6.36. The molecule has 1 heterocycles. The highest BCUT2D eigenvalue weighted by atomic mass is 16.5. The van der Waals surface area contributed by atoms with E-state index in [2.05, 4.69) is 15.8 Å². The van der Waals surface area contributed by atoms with Gasteiger partial charge in [0.25, 0.3) is 0 Å². The standard InChI is InChI=1S/C17H23N3O4/c1-2-11-24-17(22)18-10-9-13-5-7-14(8-6-13)19-20-15-4-3-12-23-16(15)21/h5-8,19H,2-4,9-12H2,1H3,(H,18,22)/b20-15+. The SMILES string of the molecule is CCCOC(=O)NCCc1ccc(N/N=C2\CCCOC2=O)cc1. The molecule has 130 valence electrons. The van der Waals surface area contributed by atoms with E-state index in [1.807, 2.05) is 31.2 Å². The Bertz CT molecular complexity index is 584. The molecule has 0 bridgehead atoms. The molecule has 0 unspecified atom stereocenters. The average Bonchev–Trinajstić information content (AvgIpc) is 2.60. The Morgan fingerprint density at radius 1 is 1.33 bits per heavy atom. The van der Waals surface area contributed by atoms with Gasteiger partial charge in [0.2, 0.25) is 0 Å². The Balaban J connectivity index is 1.75. The molecule has 0 saturated carbocycles. The van der Waals surface area contributed by atoms with Crippen molar-refractivity contribution in [3.8, 4) is 0 Å². The summed E-state index contributed by atoms with van der Waals surface area (Å²) in [5, 5.41) is 6.80. The molecule has 1 saturated heterocycles. The predicted molar refractivity (Wildman–Crippen MR) is 91.0 cm³/mol. The zero-order chi connectivity index (χ0) is 17.2. The number of amides is 1. The van der Waals surface area contributed by atoms with Gasteiger partial charge in [0.1, 0.15) is 5.71 Å². The fourth-order valence-electron chi connectivity index (χ4n) is 2.12. The van der Waals surface area contributed by atoms with Crippen molar-refractivity contribution in [1.82, 2.24) is 5.32 Å². The number of nitrogens with zero attached hydrogens (tertiary/aromatic N) is 1. The molecule has 1 aromatic rings. The van der Waals surface area contributed by atoms with Crippen molar-refractivity contribution in [1.29, 1.82) is 0 Å². The van der Waals surface area contributed by atoms with Crippen LogP contribution < -0.4 is 10.7 Å². The lowest BCUT2D eigenvalue weighted by Crippen LogP contribution is -2.26. The van der Waals surface area contributed by atoms with E-state index in [9.17, 15) is 9.59 Å². The second-order valence-electron chi connectivity index (χ2n) is 5.42. The fourth-order valence-corrected chi connectivity index (χ4v) is 2.12.